The zero-order valence-corrected chi connectivity index (χ0v) is 8.22. The van der Waals surface area contributed by atoms with Gasteiger partial charge in [0.15, 0.2) is 15.0 Å². The maximum absolute atomic E-state index is 11.1. The number of nitrogen functional groups attached to an aromatic ring is 2. The quantitative estimate of drug-likeness (QED) is 0.631. The SMILES string of the molecule is CS(=O)(=O)c1c(N)nc(N)nc1Cl. The third-order valence-electron chi connectivity index (χ3n) is 1.24. The van der Waals surface area contributed by atoms with Gasteiger partial charge in [-0.2, -0.15) is 9.97 Å². The first kappa shape index (κ1) is 10.0. The molecule has 0 aliphatic carbocycles. The van der Waals surface area contributed by atoms with E-state index >= 15 is 0 Å². The summed E-state index contributed by atoms with van der Waals surface area (Å²) in [6.45, 7) is 0. The standard InChI is InChI=1S/C5H7ClN4O2S/c1-13(11,12)2-3(6)9-5(8)10-4(2)7/h1H3,(H4,7,8,9,10). The Hall–Kier alpha value is -1.08. The van der Waals surface area contributed by atoms with E-state index in [1.807, 2.05) is 0 Å². The van der Waals surface area contributed by atoms with Crippen molar-refractivity contribution in [3.8, 4) is 0 Å². The summed E-state index contributed by atoms with van der Waals surface area (Å²) in [6, 6.07) is 0. The highest BCUT2D eigenvalue weighted by Gasteiger charge is 2.19. The van der Waals surface area contributed by atoms with Gasteiger partial charge in [0, 0.05) is 6.26 Å². The lowest BCUT2D eigenvalue weighted by Crippen LogP contribution is -2.09. The third kappa shape index (κ3) is 1.99. The first-order valence-electron chi connectivity index (χ1n) is 3.11. The Labute approximate surface area is 79.8 Å². The van der Waals surface area contributed by atoms with Crippen LogP contribution in [0.5, 0.6) is 0 Å². The Kier molecular flexibility index (Phi) is 2.31. The van der Waals surface area contributed by atoms with Crippen LogP contribution in [0.1, 0.15) is 0 Å². The molecule has 0 aliphatic heterocycles. The van der Waals surface area contributed by atoms with Crippen molar-refractivity contribution >= 4 is 33.2 Å². The molecule has 6 nitrogen and oxygen atoms in total. The van der Waals surface area contributed by atoms with Crippen molar-refractivity contribution in [2.75, 3.05) is 17.7 Å². The molecule has 1 rings (SSSR count). The Balaban J connectivity index is 3.57. The van der Waals surface area contributed by atoms with E-state index in [4.69, 9.17) is 23.1 Å². The highest BCUT2D eigenvalue weighted by atomic mass is 35.5. The molecule has 1 aromatic rings. The fourth-order valence-corrected chi connectivity index (χ4v) is 2.18. The van der Waals surface area contributed by atoms with E-state index in [0.29, 0.717) is 0 Å². The second kappa shape index (κ2) is 3.00. The van der Waals surface area contributed by atoms with Crippen LogP contribution < -0.4 is 11.5 Å². The number of nitrogens with two attached hydrogens (primary N) is 2. The van der Waals surface area contributed by atoms with Crippen LogP contribution in [-0.4, -0.2) is 24.6 Å². The van der Waals surface area contributed by atoms with E-state index in [-0.39, 0.29) is 21.8 Å². The zero-order valence-electron chi connectivity index (χ0n) is 6.65. The van der Waals surface area contributed by atoms with Crippen LogP contribution in [0, 0.1) is 0 Å². The van der Waals surface area contributed by atoms with Crippen molar-refractivity contribution < 1.29 is 8.42 Å². The minimum Gasteiger partial charge on any atom is -0.382 e. The zero-order chi connectivity index (χ0) is 10.2. The van der Waals surface area contributed by atoms with E-state index < -0.39 is 9.84 Å². The van der Waals surface area contributed by atoms with Gasteiger partial charge >= 0.3 is 0 Å². The molecule has 4 N–H and O–H groups in total. The lowest BCUT2D eigenvalue weighted by atomic mass is 10.6. The summed E-state index contributed by atoms with van der Waals surface area (Å²) in [4.78, 5) is 6.67. The minimum atomic E-state index is -3.52. The normalized spacial score (nSPS) is 11.5. The van der Waals surface area contributed by atoms with Crippen LogP contribution in [0.3, 0.4) is 0 Å². The molecule has 0 amide bonds. The van der Waals surface area contributed by atoms with Gasteiger partial charge in [-0.25, -0.2) is 8.42 Å². The van der Waals surface area contributed by atoms with Gasteiger partial charge < -0.3 is 11.5 Å². The van der Waals surface area contributed by atoms with Crippen LogP contribution in [-0.2, 0) is 9.84 Å². The highest BCUT2D eigenvalue weighted by molar-refractivity contribution is 7.91. The van der Waals surface area contributed by atoms with Crippen LogP contribution in [0.25, 0.3) is 0 Å². The van der Waals surface area contributed by atoms with E-state index in [0.717, 1.165) is 6.26 Å². The number of anilines is 2. The second-order valence-electron chi connectivity index (χ2n) is 2.36. The van der Waals surface area contributed by atoms with E-state index in [1.165, 1.54) is 0 Å². The fraction of sp³-hybridized carbons (Fsp3) is 0.200. The van der Waals surface area contributed by atoms with Crippen molar-refractivity contribution in [2.24, 2.45) is 0 Å². The Morgan fingerprint density at radius 2 is 1.85 bits per heavy atom. The predicted molar refractivity (Wildman–Crippen MR) is 49.0 cm³/mol. The van der Waals surface area contributed by atoms with Crippen LogP contribution in [0.4, 0.5) is 11.8 Å². The summed E-state index contributed by atoms with van der Waals surface area (Å²) >= 11 is 5.53. The average Bonchev–Trinajstić information content (AvgIpc) is 1.78. The van der Waals surface area contributed by atoms with Crippen molar-refractivity contribution in [1.82, 2.24) is 9.97 Å². The lowest BCUT2D eigenvalue weighted by Gasteiger charge is -2.04. The Morgan fingerprint density at radius 1 is 1.31 bits per heavy atom. The molecule has 1 aromatic heterocycles. The van der Waals surface area contributed by atoms with E-state index in [9.17, 15) is 8.42 Å². The summed E-state index contributed by atoms with van der Waals surface area (Å²) in [7, 11) is -3.52. The summed E-state index contributed by atoms with van der Waals surface area (Å²) in [5, 5.41) is -0.257. The van der Waals surface area contributed by atoms with Crippen molar-refractivity contribution in [1.29, 1.82) is 0 Å². The molecule has 13 heavy (non-hydrogen) atoms. The third-order valence-corrected chi connectivity index (χ3v) is 2.77. The monoisotopic (exact) mass is 222 g/mol. The van der Waals surface area contributed by atoms with Gasteiger partial charge in [0.25, 0.3) is 0 Å². The smallest absolute Gasteiger partial charge is 0.223 e. The van der Waals surface area contributed by atoms with E-state index in [2.05, 4.69) is 9.97 Å². The van der Waals surface area contributed by atoms with Gasteiger partial charge in [-0.05, 0) is 0 Å². The van der Waals surface area contributed by atoms with Gasteiger partial charge in [0.05, 0.1) is 0 Å². The van der Waals surface area contributed by atoms with Gasteiger partial charge in [-0.1, -0.05) is 11.6 Å². The molecule has 0 saturated heterocycles. The summed E-state index contributed by atoms with van der Waals surface area (Å²) in [5.41, 5.74) is 10.5. The summed E-state index contributed by atoms with van der Waals surface area (Å²) < 4.78 is 22.2. The molecule has 1 heterocycles. The average molecular weight is 223 g/mol. The van der Waals surface area contributed by atoms with Crippen molar-refractivity contribution in [3.05, 3.63) is 5.15 Å². The molecular formula is C5H7ClN4O2S. The highest BCUT2D eigenvalue weighted by Crippen LogP contribution is 2.24. The number of halogens is 1. The van der Waals surface area contributed by atoms with Crippen molar-refractivity contribution in [2.45, 2.75) is 4.90 Å². The molecule has 0 spiro atoms. The topological polar surface area (TPSA) is 112 Å². The fourth-order valence-electron chi connectivity index (χ4n) is 0.799. The van der Waals surface area contributed by atoms with Gasteiger partial charge in [0.1, 0.15) is 10.7 Å². The second-order valence-corrected chi connectivity index (χ2v) is 4.67. The largest absolute Gasteiger partial charge is 0.382 e. The number of nitrogens with zero attached hydrogens (tertiary/aromatic N) is 2. The predicted octanol–water partition coefficient (Wildman–Crippen LogP) is -0.302. The number of hydrogen-bond acceptors (Lipinski definition) is 6. The minimum absolute atomic E-state index is 0.157. The van der Waals surface area contributed by atoms with Crippen LogP contribution in [0.2, 0.25) is 5.15 Å². The maximum Gasteiger partial charge on any atom is 0.223 e. The van der Waals surface area contributed by atoms with Crippen LogP contribution in [0.15, 0.2) is 4.90 Å². The number of hydrogen-bond donors (Lipinski definition) is 2. The number of rotatable bonds is 1. The van der Waals surface area contributed by atoms with Crippen LogP contribution >= 0.6 is 11.6 Å². The Morgan fingerprint density at radius 3 is 2.23 bits per heavy atom. The molecule has 0 radical (unpaired) electrons. The molecule has 0 aliphatic rings. The lowest BCUT2D eigenvalue weighted by molar-refractivity contribution is 0.601. The molecule has 0 aromatic carbocycles. The van der Waals surface area contributed by atoms with Crippen molar-refractivity contribution in [3.63, 3.8) is 0 Å². The molecule has 0 bridgehead atoms. The first-order chi connectivity index (χ1) is 5.82. The molecule has 0 fully saturated rings. The molecule has 0 saturated carbocycles. The number of sulfone groups is 1. The van der Waals surface area contributed by atoms with Gasteiger partial charge in [-0.15, -0.1) is 0 Å². The maximum atomic E-state index is 11.1. The summed E-state index contributed by atoms with van der Waals surface area (Å²) in [5.74, 6) is -0.394. The first-order valence-corrected chi connectivity index (χ1v) is 5.38. The Bertz CT molecular complexity index is 421. The van der Waals surface area contributed by atoms with E-state index in [1.54, 1.807) is 0 Å². The molecule has 72 valence electrons. The molecule has 0 atom stereocenters. The molecular weight excluding hydrogens is 216 g/mol. The molecule has 8 heteroatoms. The number of aromatic nitrogens is 2. The summed E-state index contributed by atoms with van der Waals surface area (Å²) in [6.07, 6.45) is 0.962. The molecule has 0 unspecified atom stereocenters. The van der Waals surface area contributed by atoms with Gasteiger partial charge in [0.2, 0.25) is 5.95 Å². The van der Waals surface area contributed by atoms with Gasteiger partial charge in [-0.3, -0.25) is 0 Å².